The molecular weight excluding hydrogens is 247 g/mol. The summed E-state index contributed by atoms with van der Waals surface area (Å²) in [5.74, 6) is 0.451. The average molecular weight is 262 g/mol. The van der Waals surface area contributed by atoms with Crippen molar-refractivity contribution < 1.29 is 4.39 Å². The lowest BCUT2D eigenvalue weighted by Gasteiger charge is -2.09. The average Bonchev–Trinajstić information content (AvgIpc) is 2.72. The van der Waals surface area contributed by atoms with Crippen LogP contribution in [0, 0.1) is 5.82 Å². The van der Waals surface area contributed by atoms with Gasteiger partial charge in [0.2, 0.25) is 0 Å². The van der Waals surface area contributed by atoms with Crippen molar-refractivity contribution in [1.82, 2.24) is 14.3 Å². The maximum absolute atomic E-state index is 13.2. The highest BCUT2D eigenvalue weighted by Crippen LogP contribution is 2.15. The molecule has 19 heavy (non-hydrogen) atoms. The fourth-order valence-corrected chi connectivity index (χ4v) is 2.42. The molecule has 0 fully saturated rings. The third kappa shape index (κ3) is 2.14. The topological polar surface area (TPSA) is 65.8 Å². The molecule has 3 rings (SSSR count). The zero-order chi connectivity index (χ0) is 13.4. The second kappa shape index (κ2) is 4.53. The molecule has 1 aromatic carbocycles. The van der Waals surface area contributed by atoms with Crippen molar-refractivity contribution >= 4 is 5.69 Å². The maximum Gasteiger partial charge on any atom is 0.346 e. The highest BCUT2D eigenvalue weighted by molar-refractivity contribution is 5.46. The van der Waals surface area contributed by atoms with E-state index >= 15 is 0 Å². The largest absolute Gasteiger partial charge is 0.398 e. The molecule has 1 aliphatic heterocycles. The molecule has 0 bridgehead atoms. The standard InChI is InChI=1S/C13H15FN4O/c14-10-4-5-11(15)9(7-10)8-18-13(19)17-6-2-1-3-12(17)16-18/h4-5,7H,1-3,6,8,15H2. The minimum absolute atomic E-state index is 0.140. The summed E-state index contributed by atoms with van der Waals surface area (Å²) < 4.78 is 16.3. The molecule has 2 aromatic rings. The Balaban J connectivity index is 1.97. The van der Waals surface area contributed by atoms with E-state index in [0.717, 1.165) is 25.1 Å². The number of nitrogen functional groups attached to an aromatic ring is 1. The third-order valence-electron chi connectivity index (χ3n) is 3.46. The molecule has 0 saturated carbocycles. The van der Waals surface area contributed by atoms with Crippen LogP contribution in [-0.2, 0) is 19.5 Å². The summed E-state index contributed by atoms with van der Waals surface area (Å²) in [5.41, 5.74) is 6.71. The first-order valence-electron chi connectivity index (χ1n) is 6.35. The maximum atomic E-state index is 13.2. The van der Waals surface area contributed by atoms with Crippen molar-refractivity contribution in [3.63, 3.8) is 0 Å². The van der Waals surface area contributed by atoms with Gasteiger partial charge in [0.15, 0.2) is 0 Å². The summed E-state index contributed by atoms with van der Waals surface area (Å²) in [6.07, 6.45) is 2.88. The van der Waals surface area contributed by atoms with E-state index < -0.39 is 0 Å². The Bertz CT molecular complexity index is 674. The van der Waals surface area contributed by atoms with Gasteiger partial charge in [0.05, 0.1) is 6.54 Å². The number of anilines is 1. The number of hydrogen-bond acceptors (Lipinski definition) is 3. The number of rotatable bonds is 2. The summed E-state index contributed by atoms with van der Waals surface area (Å²) in [6, 6.07) is 4.16. The fraction of sp³-hybridized carbons (Fsp3) is 0.385. The normalized spacial score (nSPS) is 14.4. The van der Waals surface area contributed by atoms with E-state index in [1.165, 1.54) is 22.9 Å². The van der Waals surface area contributed by atoms with Gasteiger partial charge in [-0.15, -0.1) is 0 Å². The SMILES string of the molecule is Nc1ccc(F)cc1Cn1nc2n(c1=O)CCCC2. The van der Waals surface area contributed by atoms with Crippen molar-refractivity contribution in [2.24, 2.45) is 0 Å². The highest BCUT2D eigenvalue weighted by Gasteiger charge is 2.17. The second-order valence-corrected chi connectivity index (χ2v) is 4.81. The van der Waals surface area contributed by atoms with Crippen LogP contribution in [0.15, 0.2) is 23.0 Å². The molecule has 1 aromatic heterocycles. The van der Waals surface area contributed by atoms with Gasteiger partial charge in [0.25, 0.3) is 0 Å². The van der Waals surface area contributed by atoms with Gasteiger partial charge in [0.1, 0.15) is 11.6 Å². The molecule has 0 unspecified atom stereocenters. The first kappa shape index (κ1) is 12.0. The minimum Gasteiger partial charge on any atom is -0.398 e. The number of nitrogens with zero attached hydrogens (tertiary/aromatic N) is 3. The molecule has 2 heterocycles. The van der Waals surface area contributed by atoms with Crippen molar-refractivity contribution in [2.75, 3.05) is 5.73 Å². The Morgan fingerprint density at radius 2 is 2.21 bits per heavy atom. The molecule has 2 N–H and O–H groups in total. The molecule has 5 nitrogen and oxygen atoms in total. The van der Waals surface area contributed by atoms with Crippen molar-refractivity contribution in [2.45, 2.75) is 32.4 Å². The molecule has 1 aliphatic rings. The van der Waals surface area contributed by atoms with Gasteiger partial charge in [-0.3, -0.25) is 4.57 Å². The predicted molar refractivity (Wildman–Crippen MR) is 69.3 cm³/mol. The molecule has 0 atom stereocenters. The Kier molecular flexibility index (Phi) is 2.85. The number of halogens is 1. The van der Waals surface area contributed by atoms with E-state index in [4.69, 9.17) is 5.73 Å². The van der Waals surface area contributed by atoms with Gasteiger partial charge in [0, 0.05) is 18.7 Å². The highest BCUT2D eigenvalue weighted by atomic mass is 19.1. The predicted octanol–water partition coefficient (Wildman–Crippen LogP) is 1.15. The summed E-state index contributed by atoms with van der Waals surface area (Å²) in [6.45, 7) is 0.926. The van der Waals surface area contributed by atoms with Crippen LogP contribution in [0.25, 0.3) is 0 Å². The molecule has 100 valence electrons. The third-order valence-corrected chi connectivity index (χ3v) is 3.46. The zero-order valence-corrected chi connectivity index (χ0v) is 10.5. The quantitative estimate of drug-likeness (QED) is 0.826. The second-order valence-electron chi connectivity index (χ2n) is 4.81. The molecule has 0 saturated heterocycles. The first-order valence-corrected chi connectivity index (χ1v) is 6.35. The number of aromatic nitrogens is 3. The van der Waals surface area contributed by atoms with Crippen molar-refractivity contribution in [1.29, 1.82) is 0 Å². The van der Waals surface area contributed by atoms with Crippen LogP contribution in [0.3, 0.4) is 0 Å². The summed E-state index contributed by atoms with van der Waals surface area (Å²) >= 11 is 0. The van der Waals surface area contributed by atoms with Crippen LogP contribution < -0.4 is 11.4 Å². The number of nitrogens with two attached hydrogens (primary N) is 1. The van der Waals surface area contributed by atoms with E-state index in [1.807, 2.05) is 0 Å². The Labute approximate surface area is 109 Å². The summed E-state index contributed by atoms with van der Waals surface area (Å²) in [7, 11) is 0. The number of fused-ring (bicyclic) bond motifs is 1. The monoisotopic (exact) mass is 262 g/mol. The van der Waals surface area contributed by atoms with E-state index in [2.05, 4.69) is 5.10 Å². The molecule has 6 heteroatoms. The van der Waals surface area contributed by atoms with Crippen LogP contribution in [0.5, 0.6) is 0 Å². The summed E-state index contributed by atoms with van der Waals surface area (Å²) in [4.78, 5) is 12.1. The van der Waals surface area contributed by atoms with Gasteiger partial charge in [-0.1, -0.05) is 0 Å². The lowest BCUT2D eigenvalue weighted by molar-refractivity contribution is 0.511. The van der Waals surface area contributed by atoms with E-state index in [-0.39, 0.29) is 18.1 Å². The van der Waals surface area contributed by atoms with Crippen LogP contribution in [0.2, 0.25) is 0 Å². The van der Waals surface area contributed by atoms with Gasteiger partial charge < -0.3 is 5.73 Å². The smallest absolute Gasteiger partial charge is 0.346 e. The molecule has 0 spiro atoms. The zero-order valence-electron chi connectivity index (χ0n) is 10.5. The minimum atomic E-state index is -0.360. The van der Waals surface area contributed by atoms with Crippen molar-refractivity contribution in [3.05, 3.63) is 45.9 Å². The van der Waals surface area contributed by atoms with Gasteiger partial charge >= 0.3 is 5.69 Å². The number of hydrogen-bond donors (Lipinski definition) is 1. The van der Waals surface area contributed by atoms with Gasteiger partial charge in [-0.2, -0.15) is 5.10 Å². The molecule has 0 aliphatic carbocycles. The molecular formula is C13H15FN4O. The number of benzene rings is 1. The van der Waals surface area contributed by atoms with E-state index in [0.29, 0.717) is 17.8 Å². The van der Waals surface area contributed by atoms with Gasteiger partial charge in [-0.25, -0.2) is 13.9 Å². The molecule has 0 radical (unpaired) electrons. The Hall–Kier alpha value is -2.11. The van der Waals surface area contributed by atoms with Crippen molar-refractivity contribution in [3.8, 4) is 0 Å². The van der Waals surface area contributed by atoms with E-state index in [1.54, 1.807) is 4.57 Å². The van der Waals surface area contributed by atoms with Crippen LogP contribution in [-0.4, -0.2) is 14.3 Å². The van der Waals surface area contributed by atoms with Crippen LogP contribution in [0.4, 0.5) is 10.1 Å². The van der Waals surface area contributed by atoms with E-state index in [9.17, 15) is 9.18 Å². The van der Waals surface area contributed by atoms with Crippen LogP contribution in [0.1, 0.15) is 24.2 Å². The first-order chi connectivity index (χ1) is 9.15. The Morgan fingerprint density at radius 3 is 3.00 bits per heavy atom. The Morgan fingerprint density at radius 1 is 1.37 bits per heavy atom. The summed E-state index contributed by atoms with van der Waals surface area (Å²) in [5, 5.41) is 4.31. The fourth-order valence-electron chi connectivity index (χ4n) is 2.42. The lowest BCUT2D eigenvalue weighted by atomic mass is 10.2. The lowest BCUT2D eigenvalue weighted by Crippen LogP contribution is -2.27. The number of aryl methyl sites for hydroxylation is 1. The van der Waals surface area contributed by atoms with Gasteiger partial charge in [-0.05, 0) is 36.6 Å². The van der Waals surface area contributed by atoms with Crippen LogP contribution >= 0.6 is 0 Å². The molecule has 0 amide bonds.